The summed E-state index contributed by atoms with van der Waals surface area (Å²) >= 11 is 0. The van der Waals surface area contributed by atoms with Crippen LogP contribution >= 0.6 is 0 Å². The van der Waals surface area contributed by atoms with Gasteiger partial charge in [-0.25, -0.2) is 0 Å². The highest BCUT2D eigenvalue weighted by Crippen LogP contribution is 2.17. The Kier molecular flexibility index (Phi) is 3.72. The maximum atomic E-state index is 11.8. The minimum Gasteiger partial charge on any atom is -0.378 e. The largest absolute Gasteiger partial charge is 0.378 e. The number of ether oxygens (including phenoxy) is 1. The third-order valence-corrected chi connectivity index (χ3v) is 2.97. The maximum absolute atomic E-state index is 11.8. The van der Waals surface area contributed by atoms with Crippen molar-refractivity contribution in [1.29, 1.82) is 0 Å². The molecule has 1 saturated heterocycles. The number of hydrogen-bond acceptors (Lipinski definition) is 3. The van der Waals surface area contributed by atoms with E-state index in [-0.39, 0.29) is 11.9 Å². The van der Waals surface area contributed by atoms with Crippen LogP contribution in [0.3, 0.4) is 0 Å². The van der Waals surface area contributed by atoms with Crippen molar-refractivity contribution in [2.24, 2.45) is 7.05 Å². The summed E-state index contributed by atoms with van der Waals surface area (Å²) in [5, 5.41) is 4.10. The first-order chi connectivity index (χ1) is 7.75. The van der Waals surface area contributed by atoms with Crippen molar-refractivity contribution in [2.45, 2.75) is 38.2 Å². The molecule has 0 aromatic carbocycles. The van der Waals surface area contributed by atoms with Crippen molar-refractivity contribution in [1.82, 2.24) is 9.78 Å². The van der Waals surface area contributed by atoms with Crippen molar-refractivity contribution in [2.75, 3.05) is 6.61 Å². The Balaban J connectivity index is 1.79. The maximum Gasteiger partial charge on any atom is 0.183 e. The Morgan fingerprint density at radius 3 is 3.12 bits per heavy atom. The number of aromatic nitrogens is 2. The lowest BCUT2D eigenvalue weighted by molar-refractivity contribution is 0.0104. The van der Waals surface area contributed by atoms with Crippen LogP contribution in [0.2, 0.25) is 0 Å². The first-order valence-electron chi connectivity index (χ1n) is 5.90. The Hall–Kier alpha value is -1.16. The SMILES string of the molecule is Cn1ccc(C(=O)CCC2CCCCO2)n1. The Morgan fingerprint density at radius 2 is 2.50 bits per heavy atom. The van der Waals surface area contributed by atoms with E-state index >= 15 is 0 Å². The summed E-state index contributed by atoms with van der Waals surface area (Å²) in [7, 11) is 1.82. The van der Waals surface area contributed by atoms with Gasteiger partial charge in [0.1, 0.15) is 5.69 Å². The number of ketones is 1. The van der Waals surface area contributed by atoms with Crippen molar-refractivity contribution < 1.29 is 9.53 Å². The molecule has 2 rings (SSSR count). The third-order valence-electron chi connectivity index (χ3n) is 2.97. The van der Waals surface area contributed by atoms with Crippen LogP contribution in [0.1, 0.15) is 42.6 Å². The highest BCUT2D eigenvalue weighted by molar-refractivity contribution is 5.94. The fraction of sp³-hybridized carbons (Fsp3) is 0.667. The van der Waals surface area contributed by atoms with Gasteiger partial charge in [-0.1, -0.05) is 0 Å². The second-order valence-corrected chi connectivity index (χ2v) is 4.33. The van der Waals surface area contributed by atoms with Crippen LogP contribution in [0.15, 0.2) is 12.3 Å². The molecule has 0 spiro atoms. The summed E-state index contributed by atoms with van der Waals surface area (Å²) in [5.41, 5.74) is 0.568. The molecule has 0 N–H and O–H groups in total. The second-order valence-electron chi connectivity index (χ2n) is 4.33. The number of aryl methyl sites for hydroxylation is 1. The lowest BCUT2D eigenvalue weighted by atomic mass is 10.0. The zero-order chi connectivity index (χ0) is 11.4. The molecule has 88 valence electrons. The number of Topliss-reactive ketones (excluding diaryl/α,β-unsaturated/α-hetero) is 1. The summed E-state index contributed by atoms with van der Waals surface area (Å²) in [5.74, 6) is 0.120. The summed E-state index contributed by atoms with van der Waals surface area (Å²) in [6, 6.07) is 1.77. The van der Waals surface area contributed by atoms with Crippen LogP contribution in [0.5, 0.6) is 0 Å². The predicted molar refractivity (Wildman–Crippen MR) is 60.4 cm³/mol. The first-order valence-corrected chi connectivity index (χ1v) is 5.90. The molecular formula is C12H18N2O2. The van der Waals surface area contributed by atoms with Gasteiger partial charge < -0.3 is 4.74 Å². The molecule has 1 aromatic heterocycles. The van der Waals surface area contributed by atoms with E-state index in [0.717, 1.165) is 25.9 Å². The average molecular weight is 222 g/mol. The Morgan fingerprint density at radius 1 is 1.62 bits per heavy atom. The molecule has 4 nitrogen and oxygen atoms in total. The van der Waals surface area contributed by atoms with E-state index in [0.29, 0.717) is 12.1 Å². The van der Waals surface area contributed by atoms with Gasteiger partial charge in [-0.3, -0.25) is 9.48 Å². The normalized spacial score (nSPS) is 20.9. The molecule has 1 unspecified atom stereocenters. The molecule has 1 fully saturated rings. The van der Waals surface area contributed by atoms with Crippen molar-refractivity contribution in [3.05, 3.63) is 18.0 Å². The molecule has 0 saturated carbocycles. The predicted octanol–water partition coefficient (Wildman–Crippen LogP) is 1.95. The Bertz CT molecular complexity index is 354. The van der Waals surface area contributed by atoms with Crippen LogP contribution in [0.25, 0.3) is 0 Å². The first kappa shape index (κ1) is 11.3. The molecule has 1 aliphatic rings. The van der Waals surface area contributed by atoms with Gasteiger partial charge in [0.2, 0.25) is 0 Å². The molecule has 1 atom stereocenters. The average Bonchev–Trinajstić information content (AvgIpc) is 2.74. The van der Waals surface area contributed by atoms with Gasteiger partial charge in [0, 0.05) is 26.3 Å². The molecule has 0 radical (unpaired) electrons. The van der Waals surface area contributed by atoms with Gasteiger partial charge in [0.15, 0.2) is 5.78 Å². The van der Waals surface area contributed by atoms with Crippen molar-refractivity contribution >= 4 is 5.78 Å². The monoisotopic (exact) mass is 222 g/mol. The standard InChI is InChI=1S/C12H18N2O2/c1-14-8-7-11(13-14)12(15)6-5-10-4-2-3-9-16-10/h7-8,10H,2-6,9H2,1H3. The number of carbonyl (C=O) groups is 1. The van der Waals surface area contributed by atoms with E-state index in [4.69, 9.17) is 4.74 Å². The lowest BCUT2D eigenvalue weighted by Gasteiger charge is -2.21. The zero-order valence-corrected chi connectivity index (χ0v) is 9.69. The highest BCUT2D eigenvalue weighted by Gasteiger charge is 2.16. The minimum atomic E-state index is 0.120. The van der Waals surface area contributed by atoms with Crippen molar-refractivity contribution in [3.8, 4) is 0 Å². The summed E-state index contributed by atoms with van der Waals surface area (Å²) in [6.45, 7) is 0.850. The summed E-state index contributed by atoms with van der Waals surface area (Å²) < 4.78 is 7.25. The lowest BCUT2D eigenvalue weighted by Crippen LogP contribution is -2.20. The smallest absolute Gasteiger partial charge is 0.183 e. The number of rotatable bonds is 4. The molecule has 0 bridgehead atoms. The molecular weight excluding hydrogens is 204 g/mol. The van der Waals surface area contributed by atoms with Gasteiger partial charge in [0.25, 0.3) is 0 Å². The number of carbonyl (C=O) groups excluding carboxylic acids is 1. The third kappa shape index (κ3) is 2.92. The molecule has 2 heterocycles. The van der Waals surface area contributed by atoms with Crippen LogP contribution in [0, 0.1) is 0 Å². The van der Waals surface area contributed by atoms with Crippen LogP contribution in [-0.4, -0.2) is 28.3 Å². The zero-order valence-electron chi connectivity index (χ0n) is 9.69. The molecule has 1 aliphatic heterocycles. The van der Waals surface area contributed by atoms with Gasteiger partial charge in [-0.15, -0.1) is 0 Å². The summed E-state index contributed by atoms with van der Waals surface area (Å²) in [6.07, 6.45) is 6.92. The van der Waals surface area contributed by atoms with E-state index in [1.54, 1.807) is 16.9 Å². The van der Waals surface area contributed by atoms with Gasteiger partial charge in [-0.2, -0.15) is 5.10 Å². The molecule has 4 heteroatoms. The van der Waals surface area contributed by atoms with E-state index in [1.807, 2.05) is 7.05 Å². The van der Waals surface area contributed by atoms with Gasteiger partial charge in [0.05, 0.1) is 6.10 Å². The van der Waals surface area contributed by atoms with Gasteiger partial charge in [-0.05, 0) is 31.7 Å². The highest BCUT2D eigenvalue weighted by atomic mass is 16.5. The van der Waals surface area contributed by atoms with E-state index in [2.05, 4.69) is 5.10 Å². The van der Waals surface area contributed by atoms with Crippen LogP contribution < -0.4 is 0 Å². The topological polar surface area (TPSA) is 44.1 Å². The fourth-order valence-corrected chi connectivity index (χ4v) is 2.02. The van der Waals surface area contributed by atoms with Gasteiger partial charge >= 0.3 is 0 Å². The van der Waals surface area contributed by atoms with Crippen LogP contribution in [0.4, 0.5) is 0 Å². The van der Waals surface area contributed by atoms with E-state index in [9.17, 15) is 4.79 Å². The number of hydrogen-bond donors (Lipinski definition) is 0. The van der Waals surface area contributed by atoms with Crippen molar-refractivity contribution in [3.63, 3.8) is 0 Å². The molecule has 0 amide bonds. The van der Waals surface area contributed by atoms with Crippen LogP contribution in [-0.2, 0) is 11.8 Å². The van der Waals surface area contributed by atoms with E-state index in [1.165, 1.54) is 6.42 Å². The molecule has 16 heavy (non-hydrogen) atoms. The fourth-order valence-electron chi connectivity index (χ4n) is 2.02. The molecule has 1 aromatic rings. The molecule has 0 aliphatic carbocycles. The van der Waals surface area contributed by atoms with E-state index < -0.39 is 0 Å². The number of nitrogens with zero attached hydrogens (tertiary/aromatic N) is 2. The Labute approximate surface area is 95.6 Å². The summed E-state index contributed by atoms with van der Waals surface area (Å²) in [4.78, 5) is 11.8. The quantitative estimate of drug-likeness (QED) is 0.731. The minimum absolute atomic E-state index is 0.120. The second kappa shape index (κ2) is 5.25.